The van der Waals surface area contributed by atoms with E-state index in [0.29, 0.717) is 0 Å². The summed E-state index contributed by atoms with van der Waals surface area (Å²) in [5, 5.41) is 2.94. The summed E-state index contributed by atoms with van der Waals surface area (Å²) in [6.07, 6.45) is 3.30. The molecule has 0 aromatic rings. The molecule has 6 nitrogen and oxygen atoms in total. The number of amides is 1. The lowest BCUT2D eigenvalue weighted by Gasteiger charge is -2.39. The van der Waals surface area contributed by atoms with Crippen LogP contribution in [0.3, 0.4) is 0 Å². The van der Waals surface area contributed by atoms with E-state index >= 15 is 0 Å². The molecule has 2 fully saturated rings. The fourth-order valence-electron chi connectivity index (χ4n) is 3.22. The van der Waals surface area contributed by atoms with E-state index in [2.05, 4.69) is 10.1 Å². The maximum atomic E-state index is 12.1. The quantitative estimate of drug-likeness (QED) is 0.624. The number of hydrogen-bond acceptors (Lipinski definition) is 5. The second-order valence-electron chi connectivity index (χ2n) is 6.94. The molecule has 2 rings (SSSR count). The van der Waals surface area contributed by atoms with Crippen molar-refractivity contribution in [3.63, 3.8) is 0 Å². The van der Waals surface area contributed by atoms with Gasteiger partial charge in [0.2, 0.25) is 0 Å². The number of esters is 2. The van der Waals surface area contributed by atoms with Gasteiger partial charge in [-0.1, -0.05) is 12.8 Å². The van der Waals surface area contributed by atoms with Crippen LogP contribution < -0.4 is 5.32 Å². The van der Waals surface area contributed by atoms with Crippen molar-refractivity contribution in [3.8, 4) is 0 Å². The Balaban J connectivity index is 2.11. The number of carbonyl (C=O) groups excluding carboxylic acids is 3. The molecule has 0 bridgehead atoms. The van der Waals surface area contributed by atoms with Gasteiger partial charge >= 0.3 is 18.0 Å². The van der Waals surface area contributed by atoms with Crippen LogP contribution in [0.1, 0.15) is 59.3 Å². The first-order valence-corrected chi connectivity index (χ1v) is 7.45. The fourth-order valence-corrected chi connectivity index (χ4v) is 3.22. The fraction of sp³-hybridized carbons (Fsp3) is 0.800. The van der Waals surface area contributed by atoms with E-state index in [9.17, 15) is 14.4 Å². The van der Waals surface area contributed by atoms with Gasteiger partial charge in [0.05, 0.1) is 12.8 Å². The average Bonchev–Trinajstić information content (AvgIpc) is 2.74. The molecule has 1 amide bonds. The summed E-state index contributed by atoms with van der Waals surface area (Å²) >= 11 is 0. The topological polar surface area (TPSA) is 81.7 Å². The van der Waals surface area contributed by atoms with Crippen molar-refractivity contribution in [1.29, 1.82) is 0 Å². The van der Waals surface area contributed by atoms with Crippen LogP contribution >= 0.6 is 0 Å². The van der Waals surface area contributed by atoms with Gasteiger partial charge in [-0.05, 0) is 33.6 Å². The molecular formula is C15H23NO5. The molecule has 0 aromatic heterocycles. The molecule has 0 spiro atoms. The van der Waals surface area contributed by atoms with Crippen molar-refractivity contribution in [3.05, 3.63) is 0 Å². The second-order valence-corrected chi connectivity index (χ2v) is 6.94. The lowest BCUT2D eigenvalue weighted by atomic mass is 9.77. The Morgan fingerprint density at radius 1 is 1.19 bits per heavy atom. The van der Waals surface area contributed by atoms with Gasteiger partial charge in [-0.3, -0.25) is 9.59 Å². The molecule has 1 heterocycles. The normalized spacial score (nSPS) is 22.8. The number of rotatable bonds is 2. The van der Waals surface area contributed by atoms with Crippen LogP contribution in [-0.4, -0.2) is 29.2 Å². The van der Waals surface area contributed by atoms with Crippen LogP contribution in [0.5, 0.6) is 0 Å². The van der Waals surface area contributed by atoms with E-state index in [1.54, 1.807) is 20.8 Å². The highest BCUT2D eigenvalue weighted by molar-refractivity contribution is 5.88. The number of cyclic esters (lactones) is 2. The Labute approximate surface area is 124 Å². The van der Waals surface area contributed by atoms with Crippen molar-refractivity contribution in [2.45, 2.75) is 70.4 Å². The molecule has 0 unspecified atom stereocenters. The van der Waals surface area contributed by atoms with Crippen LogP contribution in [-0.2, 0) is 19.1 Å². The molecule has 0 atom stereocenters. The number of carbonyl (C=O) groups is 3. The third kappa shape index (κ3) is 3.95. The first-order valence-electron chi connectivity index (χ1n) is 7.45. The third-order valence-corrected chi connectivity index (χ3v) is 4.08. The van der Waals surface area contributed by atoms with E-state index < -0.39 is 29.2 Å². The van der Waals surface area contributed by atoms with Crippen LogP contribution in [0.15, 0.2) is 0 Å². The lowest BCUT2D eigenvalue weighted by Crippen LogP contribution is -2.55. The highest BCUT2D eigenvalue weighted by Gasteiger charge is 2.47. The van der Waals surface area contributed by atoms with Gasteiger partial charge < -0.3 is 14.8 Å². The van der Waals surface area contributed by atoms with E-state index in [1.165, 1.54) is 0 Å². The Kier molecular flexibility index (Phi) is 4.25. The summed E-state index contributed by atoms with van der Waals surface area (Å²) in [7, 11) is 0. The van der Waals surface area contributed by atoms with Crippen molar-refractivity contribution in [1.82, 2.24) is 5.32 Å². The Morgan fingerprint density at radius 2 is 1.71 bits per heavy atom. The zero-order valence-electron chi connectivity index (χ0n) is 12.9. The molecule has 1 saturated carbocycles. The van der Waals surface area contributed by atoms with Gasteiger partial charge in [-0.25, -0.2) is 4.79 Å². The van der Waals surface area contributed by atoms with Crippen molar-refractivity contribution in [2.24, 2.45) is 5.92 Å². The van der Waals surface area contributed by atoms with Gasteiger partial charge in [0, 0.05) is 11.5 Å². The molecule has 6 heteroatoms. The molecule has 118 valence electrons. The zero-order chi connectivity index (χ0) is 15.7. The first-order chi connectivity index (χ1) is 9.70. The third-order valence-electron chi connectivity index (χ3n) is 4.08. The summed E-state index contributed by atoms with van der Waals surface area (Å²) in [5.74, 6) is -1.22. The molecule has 21 heavy (non-hydrogen) atoms. The highest BCUT2D eigenvalue weighted by atomic mass is 16.6. The van der Waals surface area contributed by atoms with Gasteiger partial charge in [0.15, 0.2) is 0 Å². The summed E-state index contributed by atoms with van der Waals surface area (Å²) in [6.45, 7) is 5.40. The molecule has 1 aliphatic heterocycles. The molecule has 1 saturated heterocycles. The zero-order valence-corrected chi connectivity index (χ0v) is 12.9. The van der Waals surface area contributed by atoms with E-state index in [0.717, 1.165) is 25.7 Å². The maximum Gasteiger partial charge on any atom is 0.408 e. The number of alkyl carbamates (subject to hydrolysis) is 1. The van der Waals surface area contributed by atoms with Gasteiger partial charge in [0.1, 0.15) is 5.60 Å². The van der Waals surface area contributed by atoms with Crippen LogP contribution in [0.25, 0.3) is 0 Å². The lowest BCUT2D eigenvalue weighted by molar-refractivity contribution is -0.167. The van der Waals surface area contributed by atoms with Gasteiger partial charge in [0.25, 0.3) is 0 Å². The van der Waals surface area contributed by atoms with Crippen LogP contribution in [0.2, 0.25) is 0 Å². The van der Waals surface area contributed by atoms with Gasteiger partial charge in [-0.2, -0.15) is 0 Å². The van der Waals surface area contributed by atoms with Crippen LogP contribution in [0.4, 0.5) is 4.79 Å². The monoisotopic (exact) mass is 297 g/mol. The average molecular weight is 297 g/mol. The Hall–Kier alpha value is -1.59. The SMILES string of the molecule is CC(C)(C)OC(=O)NC1(C2CC(=O)OC(=O)C2)CCCC1. The van der Waals surface area contributed by atoms with Crippen molar-refractivity contribution in [2.75, 3.05) is 0 Å². The summed E-state index contributed by atoms with van der Waals surface area (Å²) in [4.78, 5) is 35.1. The van der Waals surface area contributed by atoms with E-state index in [-0.39, 0.29) is 18.8 Å². The molecule has 1 N–H and O–H groups in total. The van der Waals surface area contributed by atoms with E-state index in [4.69, 9.17) is 4.74 Å². The predicted molar refractivity (Wildman–Crippen MR) is 74.4 cm³/mol. The number of hydrogen-bond donors (Lipinski definition) is 1. The minimum atomic E-state index is -0.578. The van der Waals surface area contributed by atoms with Crippen molar-refractivity contribution >= 4 is 18.0 Å². The summed E-state index contributed by atoms with van der Waals surface area (Å²) in [6, 6.07) is 0. The first kappa shape index (κ1) is 15.8. The van der Waals surface area contributed by atoms with E-state index in [1.807, 2.05) is 0 Å². The minimum Gasteiger partial charge on any atom is -0.444 e. The highest BCUT2D eigenvalue weighted by Crippen LogP contribution is 2.41. The van der Waals surface area contributed by atoms with Crippen molar-refractivity contribution < 1.29 is 23.9 Å². The Bertz CT molecular complexity index is 429. The largest absolute Gasteiger partial charge is 0.444 e. The smallest absolute Gasteiger partial charge is 0.408 e. The molecule has 0 aromatic carbocycles. The standard InChI is InChI=1S/C15H23NO5/c1-14(2,3)21-13(19)16-15(6-4-5-7-15)10-8-11(17)20-12(18)9-10/h10H,4-9H2,1-3H3,(H,16,19). The molecule has 1 aliphatic carbocycles. The van der Waals surface area contributed by atoms with Crippen LogP contribution in [0, 0.1) is 5.92 Å². The second kappa shape index (κ2) is 5.66. The number of ether oxygens (including phenoxy) is 2. The number of nitrogens with one attached hydrogen (secondary N) is 1. The summed E-state index contributed by atoms with van der Waals surface area (Å²) in [5.41, 5.74) is -1.11. The molecule has 0 radical (unpaired) electrons. The minimum absolute atomic E-state index is 0.168. The Morgan fingerprint density at radius 3 is 2.19 bits per heavy atom. The van der Waals surface area contributed by atoms with Gasteiger partial charge in [-0.15, -0.1) is 0 Å². The predicted octanol–water partition coefficient (Wildman–Crippen LogP) is 2.30. The molecular weight excluding hydrogens is 274 g/mol. The maximum absolute atomic E-state index is 12.1. The summed E-state index contributed by atoms with van der Waals surface area (Å²) < 4.78 is 9.90. The molecule has 2 aliphatic rings.